The van der Waals surface area contributed by atoms with Crippen LogP contribution in [0.3, 0.4) is 0 Å². The van der Waals surface area contributed by atoms with Crippen LogP contribution >= 0.6 is 0 Å². The second-order valence-electron chi connectivity index (χ2n) is 4.42. The van der Waals surface area contributed by atoms with Crippen molar-refractivity contribution in [3.63, 3.8) is 0 Å². The van der Waals surface area contributed by atoms with Gasteiger partial charge in [-0.05, 0) is 13.8 Å². The highest BCUT2D eigenvalue weighted by Gasteiger charge is 2.37. The van der Waals surface area contributed by atoms with Crippen molar-refractivity contribution < 1.29 is 29.0 Å². The number of Topliss-reactive ketones (excluding diaryl/α,β-unsaturated/α-hetero) is 2. The topological polar surface area (TPSA) is 106 Å². The van der Waals surface area contributed by atoms with Gasteiger partial charge >= 0.3 is 5.97 Å². The van der Waals surface area contributed by atoms with Crippen LogP contribution in [0.15, 0.2) is 11.3 Å². The minimum Gasteiger partial charge on any atom is -0.492 e. The summed E-state index contributed by atoms with van der Waals surface area (Å²) >= 11 is 0. The highest BCUT2D eigenvalue weighted by Crippen LogP contribution is 2.31. The molecular weight excluding hydrogens is 278 g/mol. The van der Waals surface area contributed by atoms with E-state index < -0.39 is 24.1 Å². The summed E-state index contributed by atoms with van der Waals surface area (Å²) in [5, 5.41) is 9.46. The molecule has 0 bridgehead atoms. The van der Waals surface area contributed by atoms with E-state index in [1.807, 2.05) is 0 Å². The molecule has 1 aliphatic carbocycles. The quantitative estimate of drug-likeness (QED) is 0.802. The molecule has 1 aromatic heterocycles. The van der Waals surface area contributed by atoms with Gasteiger partial charge in [-0.15, -0.1) is 0 Å². The fraction of sp³-hybridized carbons (Fsp3) is 0.357. The van der Waals surface area contributed by atoms with Crippen molar-refractivity contribution in [2.75, 3.05) is 13.7 Å². The maximum Gasteiger partial charge on any atom is 0.355 e. The smallest absolute Gasteiger partial charge is 0.355 e. The molecule has 7 nitrogen and oxygen atoms in total. The number of ketones is 2. The SMILES string of the molecule is CCOC(=O)c1[nH]c2c(c1CO)C(=O)C(OC)=C(C)C2=O. The second-order valence-corrected chi connectivity index (χ2v) is 4.42. The minimum absolute atomic E-state index is 0.0228. The van der Waals surface area contributed by atoms with E-state index in [4.69, 9.17) is 9.47 Å². The Balaban J connectivity index is 2.65. The molecule has 7 heteroatoms. The fourth-order valence-corrected chi connectivity index (χ4v) is 2.32. The van der Waals surface area contributed by atoms with Gasteiger partial charge in [0.2, 0.25) is 11.6 Å². The number of allylic oxidation sites excluding steroid dienone is 2. The van der Waals surface area contributed by atoms with Gasteiger partial charge in [0.25, 0.3) is 0 Å². The van der Waals surface area contributed by atoms with Crippen LogP contribution in [0.4, 0.5) is 0 Å². The number of fused-ring (bicyclic) bond motifs is 1. The van der Waals surface area contributed by atoms with Crippen molar-refractivity contribution >= 4 is 17.5 Å². The number of H-pyrrole nitrogens is 1. The predicted molar refractivity (Wildman–Crippen MR) is 71.0 cm³/mol. The van der Waals surface area contributed by atoms with Gasteiger partial charge in [0, 0.05) is 11.1 Å². The Hall–Kier alpha value is -2.41. The molecule has 0 amide bonds. The van der Waals surface area contributed by atoms with E-state index in [1.165, 1.54) is 14.0 Å². The molecule has 0 saturated heterocycles. The highest BCUT2D eigenvalue weighted by atomic mass is 16.5. The Labute approximate surface area is 120 Å². The maximum atomic E-state index is 12.4. The van der Waals surface area contributed by atoms with Crippen molar-refractivity contribution in [1.29, 1.82) is 0 Å². The highest BCUT2D eigenvalue weighted by molar-refractivity contribution is 6.26. The standard InChI is InChI=1S/C14H15NO6/c1-4-21-14(19)9-7(5-16)8-10(15-9)11(17)6(2)13(20-3)12(8)18/h15-16H,4-5H2,1-3H3. The van der Waals surface area contributed by atoms with Gasteiger partial charge in [-0.2, -0.15) is 0 Å². The molecule has 0 unspecified atom stereocenters. The van der Waals surface area contributed by atoms with E-state index in [-0.39, 0.29) is 40.5 Å². The molecule has 0 atom stereocenters. The summed E-state index contributed by atoms with van der Waals surface area (Å²) in [6.45, 7) is 2.65. The Kier molecular flexibility index (Phi) is 3.95. The lowest BCUT2D eigenvalue weighted by molar-refractivity contribution is 0.0516. The summed E-state index contributed by atoms with van der Waals surface area (Å²) in [5.74, 6) is -1.81. The zero-order chi connectivity index (χ0) is 15.7. The first-order valence-electron chi connectivity index (χ1n) is 6.34. The number of aliphatic hydroxyl groups excluding tert-OH is 1. The van der Waals surface area contributed by atoms with Crippen LogP contribution in [0, 0.1) is 0 Å². The first-order chi connectivity index (χ1) is 9.97. The van der Waals surface area contributed by atoms with Crippen LogP contribution in [0.2, 0.25) is 0 Å². The normalized spacial score (nSPS) is 14.3. The van der Waals surface area contributed by atoms with Crippen LogP contribution in [-0.2, 0) is 16.1 Å². The molecule has 0 aromatic carbocycles. The van der Waals surface area contributed by atoms with Gasteiger partial charge in [-0.1, -0.05) is 0 Å². The zero-order valence-corrected chi connectivity index (χ0v) is 11.9. The van der Waals surface area contributed by atoms with Gasteiger partial charge < -0.3 is 19.6 Å². The molecule has 1 aromatic rings. The Bertz CT molecular complexity index is 667. The lowest BCUT2D eigenvalue weighted by Gasteiger charge is -2.15. The molecule has 21 heavy (non-hydrogen) atoms. The maximum absolute atomic E-state index is 12.4. The molecule has 112 valence electrons. The third-order valence-corrected chi connectivity index (χ3v) is 3.29. The third kappa shape index (κ3) is 2.15. The molecule has 1 heterocycles. The number of hydrogen-bond donors (Lipinski definition) is 2. The average molecular weight is 293 g/mol. The monoisotopic (exact) mass is 293 g/mol. The Morgan fingerprint density at radius 1 is 1.29 bits per heavy atom. The summed E-state index contributed by atoms with van der Waals surface area (Å²) in [5.41, 5.74) is 0.0506. The molecule has 0 saturated carbocycles. The lowest BCUT2D eigenvalue weighted by Crippen LogP contribution is -2.22. The van der Waals surface area contributed by atoms with Crippen molar-refractivity contribution in [2.24, 2.45) is 0 Å². The van der Waals surface area contributed by atoms with E-state index in [9.17, 15) is 19.5 Å². The Morgan fingerprint density at radius 3 is 2.48 bits per heavy atom. The number of nitrogens with one attached hydrogen (secondary N) is 1. The van der Waals surface area contributed by atoms with Crippen LogP contribution in [0.5, 0.6) is 0 Å². The first kappa shape index (κ1) is 15.0. The van der Waals surface area contributed by atoms with Gasteiger partial charge in [-0.3, -0.25) is 9.59 Å². The molecule has 1 aliphatic rings. The number of aliphatic hydroxyl groups is 1. The van der Waals surface area contributed by atoms with Crippen molar-refractivity contribution in [3.8, 4) is 0 Å². The van der Waals surface area contributed by atoms with Crippen molar-refractivity contribution in [1.82, 2.24) is 4.98 Å². The van der Waals surface area contributed by atoms with Gasteiger partial charge in [0.05, 0.1) is 31.6 Å². The zero-order valence-electron chi connectivity index (χ0n) is 11.9. The van der Waals surface area contributed by atoms with E-state index in [1.54, 1.807) is 6.92 Å². The van der Waals surface area contributed by atoms with Crippen LogP contribution < -0.4 is 0 Å². The van der Waals surface area contributed by atoms with Gasteiger partial charge in [0.1, 0.15) is 5.69 Å². The van der Waals surface area contributed by atoms with Crippen molar-refractivity contribution in [2.45, 2.75) is 20.5 Å². The molecular formula is C14H15NO6. The van der Waals surface area contributed by atoms with E-state index in [0.29, 0.717) is 0 Å². The number of esters is 1. The first-order valence-corrected chi connectivity index (χ1v) is 6.34. The predicted octanol–water partition coefficient (Wildman–Crippen LogP) is 0.983. The van der Waals surface area contributed by atoms with Crippen LogP contribution in [-0.4, -0.2) is 41.3 Å². The molecule has 0 aliphatic heterocycles. The number of ether oxygens (including phenoxy) is 2. The number of methoxy groups -OCH3 is 1. The largest absolute Gasteiger partial charge is 0.492 e. The number of carbonyl (C=O) groups is 3. The summed E-state index contributed by atoms with van der Waals surface area (Å²) in [4.78, 5) is 39.1. The molecule has 2 rings (SSSR count). The summed E-state index contributed by atoms with van der Waals surface area (Å²) in [6, 6.07) is 0. The number of carbonyl (C=O) groups excluding carboxylic acids is 3. The third-order valence-electron chi connectivity index (χ3n) is 3.29. The van der Waals surface area contributed by atoms with E-state index in [2.05, 4.69) is 4.98 Å². The summed E-state index contributed by atoms with van der Waals surface area (Å²) < 4.78 is 9.81. The van der Waals surface area contributed by atoms with Gasteiger partial charge in [-0.25, -0.2) is 4.79 Å². The lowest BCUT2D eigenvalue weighted by atomic mass is 9.91. The van der Waals surface area contributed by atoms with E-state index in [0.717, 1.165) is 0 Å². The average Bonchev–Trinajstić information content (AvgIpc) is 2.85. The number of rotatable bonds is 4. The van der Waals surface area contributed by atoms with Gasteiger partial charge in [0.15, 0.2) is 5.76 Å². The molecule has 0 spiro atoms. The number of aromatic amines is 1. The fourth-order valence-electron chi connectivity index (χ4n) is 2.32. The minimum atomic E-state index is -0.729. The summed E-state index contributed by atoms with van der Waals surface area (Å²) in [7, 11) is 1.28. The van der Waals surface area contributed by atoms with Crippen LogP contribution in [0.25, 0.3) is 0 Å². The molecule has 2 N–H and O–H groups in total. The molecule has 0 radical (unpaired) electrons. The Morgan fingerprint density at radius 2 is 1.95 bits per heavy atom. The van der Waals surface area contributed by atoms with E-state index >= 15 is 0 Å². The van der Waals surface area contributed by atoms with Crippen molar-refractivity contribution in [3.05, 3.63) is 33.8 Å². The van der Waals surface area contributed by atoms with Crippen LogP contribution in [0.1, 0.15) is 50.7 Å². The summed E-state index contributed by atoms with van der Waals surface area (Å²) in [6.07, 6.45) is 0. The number of hydrogen-bond acceptors (Lipinski definition) is 6. The number of aromatic nitrogens is 1. The second kappa shape index (κ2) is 5.53. The molecule has 0 fully saturated rings.